The van der Waals surface area contributed by atoms with E-state index in [-0.39, 0.29) is 11.8 Å². The number of carbonyl (C=O) groups is 1. The van der Waals surface area contributed by atoms with Gasteiger partial charge in [-0.3, -0.25) is 4.79 Å². The van der Waals surface area contributed by atoms with Crippen LogP contribution in [0.4, 0.5) is 0 Å². The van der Waals surface area contributed by atoms with Crippen molar-refractivity contribution >= 4 is 5.91 Å². The first-order valence-electron chi connectivity index (χ1n) is 7.88. The van der Waals surface area contributed by atoms with Gasteiger partial charge in [0.05, 0.1) is 0 Å². The molecule has 4 fully saturated rings. The predicted octanol–water partition coefficient (Wildman–Crippen LogP) is 3.37. The Morgan fingerprint density at radius 2 is 1.67 bits per heavy atom. The number of rotatable bonds is 4. The Hall–Kier alpha value is -0.530. The molecular weight excluding hydrogens is 222 g/mol. The van der Waals surface area contributed by atoms with Gasteiger partial charge in [-0.2, -0.15) is 0 Å². The average Bonchev–Trinajstić information content (AvgIpc) is 2.33. The third-order valence-corrected chi connectivity index (χ3v) is 5.86. The van der Waals surface area contributed by atoms with Crippen molar-refractivity contribution in [2.24, 2.45) is 29.1 Å². The zero-order chi connectivity index (χ0) is 12.8. The summed E-state index contributed by atoms with van der Waals surface area (Å²) in [6, 6.07) is 0. The summed E-state index contributed by atoms with van der Waals surface area (Å²) >= 11 is 0. The molecule has 0 spiro atoms. The van der Waals surface area contributed by atoms with E-state index in [0.29, 0.717) is 5.41 Å². The Bertz CT molecular complexity index is 301. The molecule has 0 aromatic carbocycles. The van der Waals surface area contributed by atoms with Crippen molar-refractivity contribution in [3.8, 4) is 0 Å². The maximum Gasteiger partial charge on any atom is 0.222 e. The van der Waals surface area contributed by atoms with Crippen LogP contribution < -0.4 is 5.32 Å². The van der Waals surface area contributed by atoms with E-state index < -0.39 is 0 Å². The molecule has 0 heterocycles. The maximum absolute atomic E-state index is 12.0. The van der Waals surface area contributed by atoms with Crippen LogP contribution in [0.2, 0.25) is 0 Å². The van der Waals surface area contributed by atoms with Crippen LogP contribution >= 0.6 is 0 Å². The first-order valence-corrected chi connectivity index (χ1v) is 7.88. The van der Waals surface area contributed by atoms with Gasteiger partial charge in [0.1, 0.15) is 0 Å². The fourth-order valence-corrected chi connectivity index (χ4v) is 5.14. The molecule has 0 aliphatic heterocycles. The van der Waals surface area contributed by atoms with Crippen LogP contribution in [0.3, 0.4) is 0 Å². The second kappa shape index (κ2) is 4.54. The molecule has 1 atom stereocenters. The molecule has 2 nitrogen and oxygen atoms in total. The fraction of sp³-hybridized carbons (Fsp3) is 0.938. The van der Waals surface area contributed by atoms with Crippen LogP contribution in [-0.4, -0.2) is 12.5 Å². The van der Waals surface area contributed by atoms with Crippen LogP contribution in [-0.2, 0) is 4.79 Å². The highest BCUT2D eigenvalue weighted by Gasteiger charge is 2.50. The van der Waals surface area contributed by atoms with E-state index in [0.717, 1.165) is 30.7 Å². The topological polar surface area (TPSA) is 29.1 Å². The lowest BCUT2D eigenvalue weighted by molar-refractivity contribution is -0.126. The first-order chi connectivity index (χ1) is 8.60. The third-order valence-electron chi connectivity index (χ3n) is 5.86. The summed E-state index contributed by atoms with van der Waals surface area (Å²) in [5.74, 6) is 3.40. The van der Waals surface area contributed by atoms with Gasteiger partial charge >= 0.3 is 0 Å². The van der Waals surface area contributed by atoms with Gasteiger partial charge in [-0.05, 0) is 68.1 Å². The SMILES string of the molecule is CCC(C)C(=O)NCC12CC3CC(CC(C3)C1)C2. The molecule has 0 radical (unpaired) electrons. The molecule has 4 aliphatic carbocycles. The normalized spacial score (nSPS) is 42.9. The molecular formula is C16H27NO. The summed E-state index contributed by atoms with van der Waals surface area (Å²) in [6.45, 7) is 5.09. The van der Waals surface area contributed by atoms with Gasteiger partial charge in [0, 0.05) is 12.5 Å². The molecule has 1 amide bonds. The van der Waals surface area contributed by atoms with Crippen molar-refractivity contribution in [1.29, 1.82) is 0 Å². The summed E-state index contributed by atoms with van der Waals surface area (Å²) in [6.07, 6.45) is 9.57. The smallest absolute Gasteiger partial charge is 0.222 e. The molecule has 4 rings (SSSR count). The zero-order valence-electron chi connectivity index (χ0n) is 11.9. The first kappa shape index (κ1) is 12.5. The van der Waals surface area contributed by atoms with E-state index in [1.165, 1.54) is 38.5 Å². The summed E-state index contributed by atoms with van der Waals surface area (Å²) in [4.78, 5) is 12.0. The standard InChI is InChI=1S/C16H27NO/c1-3-11(2)15(18)17-10-16-7-12-4-13(8-16)6-14(5-12)9-16/h11-14H,3-10H2,1-2H3,(H,17,18). The van der Waals surface area contributed by atoms with Crippen LogP contribution in [0.5, 0.6) is 0 Å². The lowest BCUT2D eigenvalue weighted by atomic mass is 9.49. The molecule has 4 aliphatic rings. The van der Waals surface area contributed by atoms with Crippen LogP contribution in [0.1, 0.15) is 58.8 Å². The Labute approximate surface area is 111 Å². The summed E-state index contributed by atoms with van der Waals surface area (Å²) < 4.78 is 0. The Morgan fingerprint density at radius 3 is 2.11 bits per heavy atom. The minimum Gasteiger partial charge on any atom is -0.355 e. The second-order valence-electron chi connectivity index (χ2n) is 7.44. The predicted molar refractivity (Wildman–Crippen MR) is 73.1 cm³/mol. The van der Waals surface area contributed by atoms with Crippen LogP contribution in [0.15, 0.2) is 0 Å². The van der Waals surface area contributed by atoms with Crippen molar-refractivity contribution < 1.29 is 4.79 Å². The number of hydrogen-bond donors (Lipinski definition) is 1. The zero-order valence-corrected chi connectivity index (χ0v) is 11.9. The molecule has 0 saturated heterocycles. The van der Waals surface area contributed by atoms with Gasteiger partial charge < -0.3 is 5.32 Å². The van der Waals surface area contributed by atoms with Gasteiger partial charge in [-0.25, -0.2) is 0 Å². The van der Waals surface area contributed by atoms with E-state index >= 15 is 0 Å². The fourth-order valence-electron chi connectivity index (χ4n) is 5.14. The second-order valence-corrected chi connectivity index (χ2v) is 7.44. The largest absolute Gasteiger partial charge is 0.355 e. The highest BCUT2D eigenvalue weighted by molar-refractivity contribution is 5.78. The molecule has 0 aromatic rings. The monoisotopic (exact) mass is 249 g/mol. The average molecular weight is 249 g/mol. The summed E-state index contributed by atoms with van der Waals surface area (Å²) in [7, 11) is 0. The molecule has 4 bridgehead atoms. The van der Waals surface area contributed by atoms with Gasteiger partial charge in [0.15, 0.2) is 0 Å². The van der Waals surface area contributed by atoms with Gasteiger partial charge in [-0.15, -0.1) is 0 Å². The van der Waals surface area contributed by atoms with Crippen LogP contribution in [0.25, 0.3) is 0 Å². The van der Waals surface area contributed by atoms with E-state index in [1.807, 2.05) is 6.92 Å². The molecule has 1 unspecified atom stereocenters. The van der Waals surface area contributed by atoms with Gasteiger partial charge in [-0.1, -0.05) is 13.8 Å². The minimum absolute atomic E-state index is 0.180. The van der Waals surface area contributed by atoms with Crippen LogP contribution in [0, 0.1) is 29.1 Å². The van der Waals surface area contributed by atoms with Crippen molar-refractivity contribution in [3.05, 3.63) is 0 Å². The highest BCUT2D eigenvalue weighted by atomic mass is 16.1. The van der Waals surface area contributed by atoms with Gasteiger partial charge in [0.2, 0.25) is 5.91 Å². The lowest BCUT2D eigenvalue weighted by Crippen LogP contribution is -2.51. The quantitative estimate of drug-likeness (QED) is 0.813. The van der Waals surface area contributed by atoms with Crippen molar-refractivity contribution in [2.75, 3.05) is 6.54 Å². The van der Waals surface area contributed by atoms with Crippen molar-refractivity contribution in [1.82, 2.24) is 5.32 Å². The molecule has 2 heteroatoms. The van der Waals surface area contributed by atoms with Crippen molar-refractivity contribution in [2.45, 2.75) is 58.8 Å². The van der Waals surface area contributed by atoms with Gasteiger partial charge in [0.25, 0.3) is 0 Å². The van der Waals surface area contributed by atoms with E-state index in [1.54, 1.807) is 0 Å². The molecule has 1 N–H and O–H groups in total. The number of hydrogen-bond acceptors (Lipinski definition) is 1. The number of carbonyl (C=O) groups excluding carboxylic acids is 1. The maximum atomic E-state index is 12.0. The lowest BCUT2D eigenvalue weighted by Gasteiger charge is -2.57. The third kappa shape index (κ3) is 2.19. The number of amides is 1. The summed E-state index contributed by atoms with van der Waals surface area (Å²) in [5.41, 5.74) is 0.484. The van der Waals surface area contributed by atoms with E-state index in [2.05, 4.69) is 12.2 Å². The summed E-state index contributed by atoms with van der Waals surface area (Å²) in [5, 5.41) is 3.25. The Balaban J connectivity index is 1.61. The Kier molecular flexibility index (Phi) is 3.15. The van der Waals surface area contributed by atoms with E-state index in [4.69, 9.17) is 0 Å². The van der Waals surface area contributed by atoms with Crippen molar-refractivity contribution in [3.63, 3.8) is 0 Å². The molecule has 0 aromatic heterocycles. The highest BCUT2D eigenvalue weighted by Crippen LogP contribution is 2.59. The Morgan fingerprint density at radius 1 is 1.17 bits per heavy atom. The minimum atomic E-state index is 0.180. The van der Waals surface area contributed by atoms with E-state index in [9.17, 15) is 4.79 Å². The molecule has 18 heavy (non-hydrogen) atoms. The molecule has 102 valence electrons. The molecule has 4 saturated carbocycles. The number of nitrogens with one attached hydrogen (secondary N) is 1.